The Bertz CT molecular complexity index is 1350. The van der Waals surface area contributed by atoms with Crippen molar-refractivity contribution in [1.82, 2.24) is 15.0 Å². The molecular formula is C31H25N3. The highest BCUT2D eigenvalue weighted by Gasteiger charge is 2.21. The van der Waals surface area contributed by atoms with Crippen molar-refractivity contribution in [2.24, 2.45) is 0 Å². The van der Waals surface area contributed by atoms with Crippen molar-refractivity contribution >= 4 is 16.7 Å². The second-order valence-corrected chi connectivity index (χ2v) is 8.19. The highest BCUT2D eigenvalue weighted by Crippen LogP contribution is 2.36. The van der Waals surface area contributed by atoms with Gasteiger partial charge in [-0.05, 0) is 70.7 Å². The molecule has 0 radical (unpaired) electrons. The van der Waals surface area contributed by atoms with Crippen LogP contribution in [0.5, 0.6) is 0 Å². The van der Waals surface area contributed by atoms with Crippen LogP contribution < -0.4 is 0 Å². The zero-order valence-corrected chi connectivity index (χ0v) is 18.9. The first-order valence-corrected chi connectivity index (χ1v) is 11.4. The van der Waals surface area contributed by atoms with E-state index in [1.54, 1.807) is 6.20 Å². The van der Waals surface area contributed by atoms with E-state index in [4.69, 9.17) is 0 Å². The number of nitrogens with zero attached hydrogens (tertiary/aromatic N) is 3. The summed E-state index contributed by atoms with van der Waals surface area (Å²) in [6.45, 7) is 4.40. The SMILES string of the molecule is C=C(c1ccccn1)[C@H](c1ccc(C2=CC=C(c3ccccn3)C=CC2)cc1)c1ccccn1. The molecule has 34 heavy (non-hydrogen) atoms. The van der Waals surface area contributed by atoms with Gasteiger partial charge in [0.2, 0.25) is 0 Å². The highest BCUT2D eigenvalue weighted by molar-refractivity contribution is 5.80. The molecule has 0 saturated heterocycles. The molecule has 3 heterocycles. The molecule has 164 valence electrons. The Hall–Kier alpha value is -4.37. The minimum absolute atomic E-state index is 0.0659. The Labute approximate surface area is 200 Å². The monoisotopic (exact) mass is 439 g/mol. The lowest BCUT2D eigenvalue weighted by molar-refractivity contribution is 0.964. The maximum absolute atomic E-state index is 4.64. The standard InChI is InChI=1S/C31H25N3/c1-23(28-11-2-5-20-32-28)31(30-13-4-7-22-34-30)27-18-15-25(16-19-27)24-9-8-10-26(17-14-24)29-12-3-6-21-33-29/h2-8,10-22,31H,1,9H2/t31-/m1/s1. The fourth-order valence-corrected chi connectivity index (χ4v) is 4.23. The van der Waals surface area contributed by atoms with Crippen LogP contribution in [-0.4, -0.2) is 15.0 Å². The number of rotatable bonds is 6. The number of pyridine rings is 3. The van der Waals surface area contributed by atoms with Gasteiger partial charge in [0, 0.05) is 18.6 Å². The third-order valence-electron chi connectivity index (χ3n) is 6.00. The summed E-state index contributed by atoms with van der Waals surface area (Å²) in [4.78, 5) is 13.6. The van der Waals surface area contributed by atoms with Gasteiger partial charge in [-0.2, -0.15) is 0 Å². The predicted molar refractivity (Wildman–Crippen MR) is 140 cm³/mol. The van der Waals surface area contributed by atoms with Crippen LogP contribution in [-0.2, 0) is 0 Å². The molecular weight excluding hydrogens is 414 g/mol. The van der Waals surface area contributed by atoms with Gasteiger partial charge in [0.05, 0.1) is 23.0 Å². The van der Waals surface area contributed by atoms with Crippen LogP contribution in [0.4, 0.5) is 0 Å². The summed E-state index contributed by atoms with van der Waals surface area (Å²) in [6, 6.07) is 26.7. The lowest BCUT2D eigenvalue weighted by Gasteiger charge is -2.20. The summed E-state index contributed by atoms with van der Waals surface area (Å²) < 4.78 is 0. The largest absolute Gasteiger partial charge is 0.260 e. The van der Waals surface area contributed by atoms with Gasteiger partial charge in [0.15, 0.2) is 0 Å². The summed E-state index contributed by atoms with van der Waals surface area (Å²) in [7, 11) is 0. The molecule has 1 aliphatic rings. The van der Waals surface area contributed by atoms with Crippen molar-refractivity contribution in [2.75, 3.05) is 0 Å². The summed E-state index contributed by atoms with van der Waals surface area (Å²) >= 11 is 0. The van der Waals surface area contributed by atoms with Crippen molar-refractivity contribution in [3.63, 3.8) is 0 Å². The Morgan fingerprint density at radius 2 is 1.47 bits per heavy atom. The number of allylic oxidation sites excluding steroid dienone is 7. The Morgan fingerprint density at radius 1 is 0.735 bits per heavy atom. The van der Waals surface area contributed by atoms with E-state index < -0.39 is 0 Å². The second kappa shape index (κ2) is 10.1. The Morgan fingerprint density at radius 3 is 2.15 bits per heavy atom. The molecule has 0 unspecified atom stereocenters. The molecule has 0 aliphatic heterocycles. The van der Waals surface area contributed by atoms with Gasteiger partial charge in [-0.3, -0.25) is 15.0 Å². The Balaban J connectivity index is 1.46. The number of hydrogen-bond acceptors (Lipinski definition) is 3. The number of aromatic nitrogens is 3. The summed E-state index contributed by atoms with van der Waals surface area (Å²) in [5.41, 5.74) is 8.50. The smallest absolute Gasteiger partial charge is 0.0701 e. The van der Waals surface area contributed by atoms with Crippen LogP contribution in [0.3, 0.4) is 0 Å². The van der Waals surface area contributed by atoms with Gasteiger partial charge in [-0.15, -0.1) is 0 Å². The van der Waals surface area contributed by atoms with Gasteiger partial charge < -0.3 is 0 Å². The first-order valence-electron chi connectivity index (χ1n) is 11.4. The number of benzene rings is 1. The van der Waals surface area contributed by atoms with Crippen LogP contribution in [0.25, 0.3) is 16.7 Å². The molecule has 3 aromatic heterocycles. The predicted octanol–water partition coefficient (Wildman–Crippen LogP) is 7.14. The van der Waals surface area contributed by atoms with E-state index in [-0.39, 0.29) is 5.92 Å². The average molecular weight is 440 g/mol. The molecule has 1 atom stereocenters. The van der Waals surface area contributed by atoms with Gasteiger partial charge in [0.1, 0.15) is 0 Å². The normalized spacial score (nSPS) is 14.0. The maximum Gasteiger partial charge on any atom is 0.0701 e. The van der Waals surface area contributed by atoms with E-state index in [0.29, 0.717) is 0 Å². The van der Waals surface area contributed by atoms with Crippen LogP contribution >= 0.6 is 0 Å². The zero-order valence-electron chi connectivity index (χ0n) is 18.9. The van der Waals surface area contributed by atoms with Crippen molar-refractivity contribution in [2.45, 2.75) is 12.3 Å². The summed E-state index contributed by atoms with van der Waals surface area (Å²) in [5.74, 6) is -0.0659. The van der Waals surface area contributed by atoms with Gasteiger partial charge in [-0.25, -0.2) is 0 Å². The van der Waals surface area contributed by atoms with Gasteiger partial charge in [-0.1, -0.05) is 73.3 Å². The zero-order chi connectivity index (χ0) is 23.2. The Kier molecular flexibility index (Phi) is 6.35. The lowest BCUT2D eigenvalue weighted by Crippen LogP contribution is -2.06. The minimum Gasteiger partial charge on any atom is -0.260 e. The first kappa shape index (κ1) is 21.5. The van der Waals surface area contributed by atoms with Gasteiger partial charge in [0.25, 0.3) is 0 Å². The van der Waals surface area contributed by atoms with Crippen molar-refractivity contribution in [1.29, 1.82) is 0 Å². The molecule has 1 aliphatic carbocycles. The van der Waals surface area contributed by atoms with Crippen LogP contribution in [0.2, 0.25) is 0 Å². The molecule has 1 aromatic carbocycles. The molecule has 4 aromatic rings. The minimum atomic E-state index is -0.0659. The third kappa shape index (κ3) is 4.69. The second-order valence-electron chi connectivity index (χ2n) is 8.19. The number of hydrogen-bond donors (Lipinski definition) is 0. The van der Waals surface area contributed by atoms with Crippen LogP contribution in [0.15, 0.2) is 128 Å². The fourth-order valence-electron chi connectivity index (χ4n) is 4.23. The van der Waals surface area contributed by atoms with Crippen LogP contribution in [0, 0.1) is 0 Å². The first-order chi connectivity index (χ1) is 16.8. The molecule has 3 heteroatoms. The van der Waals surface area contributed by atoms with E-state index in [9.17, 15) is 0 Å². The molecule has 0 spiro atoms. The van der Waals surface area contributed by atoms with Crippen LogP contribution in [0.1, 0.15) is 40.5 Å². The molecule has 5 rings (SSSR count). The third-order valence-corrected chi connectivity index (χ3v) is 6.00. The molecule has 0 amide bonds. The van der Waals surface area contributed by atoms with Crippen molar-refractivity contribution in [3.8, 4) is 0 Å². The molecule has 0 bridgehead atoms. The van der Waals surface area contributed by atoms with E-state index >= 15 is 0 Å². The molecule has 3 nitrogen and oxygen atoms in total. The average Bonchev–Trinajstić information content (AvgIpc) is 3.17. The summed E-state index contributed by atoms with van der Waals surface area (Å²) in [5, 5.41) is 0. The molecule has 0 N–H and O–H groups in total. The fraction of sp³-hybridized carbons (Fsp3) is 0.0645. The van der Waals surface area contributed by atoms with Crippen molar-refractivity contribution in [3.05, 3.63) is 157 Å². The van der Waals surface area contributed by atoms with E-state index in [1.165, 1.54) is 11.1 Å². The van der Waals surface area contributed by atoms with Crippen molar-refractivity contribution < 1.29 is 0 Å². The highest BCUT2D eigenvalue weighted by atomic mass is 14.7. The van der Waals surface area contributed by atoms with E-state index in [1.807, 2.05) is 60.9 Å². The maximum atomic E-state index is 4.64. The topological polar surface area (TPSA) is 38.7 Å². The quantitative estimate of drug-likeness (QED) is 0.320. The molecule has 0 fully saturated rings. The van der Waals surface area contributed by atoms with E-state index in [2.05, 4.69) is 76.2 Å². The summed E-state index contributed by atoms with van der Waals surface area (Å²) in [6.07, 6.45) is 15.0. The van der Waals surface area contributed by atoms with Gasteiger partial charge >= 0.3 is 0 Å². The lowest BCUT2D eigenvalue weighted by atomic mass is 9.86. The molecule has 0 saturated carbocycles. The van der Waals surface area contributed by atoms with E-state index in [0.717, 1.165) is 40.2 Å².